The molecule has 0 saturated heterocycles. The average molecular weight is 322 g/mol. The Balaban J connectivity index is 1.95. The summed E-state index contributed by atoms with van der Waals surface area (Å²) in [6.45, 7) is 0. The zero-order chi connectivity index (χ0) is 13.7. The highest BCUT2D eigenvalue weighted by Crippen LogP contribution is 2.15. The standard InChI is InChI=1S/C13H12BrN3O2/c1-19-11-5-2-9(3-6-11)16-13(18)17-10-4-7-12(14)15-8-10/h2-8H,1H3,(H2,16,17,18). The quantitative estimate of drug-likeness (QED) is 0.850. The van der Waals surface area contributed by atoms with Crippen LogP contribution < -0.4 is 15.4 Å². The fraction of sp³-hybridized carbons (Fsp3) is 0.0769. The summed E-state index contributed by atoms with van der Waals surface area (Å²) in [5.41, 5.74) is 1.30. The molecule has 0 radical (unpaired) electrons. The number of amides is 2. The fourth-order valence-electron chi connectivity index (χ4n) is 1.42. The van der Waals surface area contributed by atoms with Gasteiger partial charge in [0.2, 0.25) is 0 Å². The maximum atomic E-state index is 11.7. The molecule has 0 aliphatic rings. The van der Waals surface area contributed by atoms with Crippen molar-refractivity contribution < 1.29 is 9.53 Å². The number of nitrogens with zero attached hydrogens (tertiary/aromatic N) is 1. The first kappa shape index (κ1) is 13.4. The molecule has 0 saturated carbocycles. The molecule has 2 aromatic rings. The minimum Gasteiger partial charge on any atom is -0.497 e. The zero-order valence-electron chi connectivity index (χ0n) is 10.2. The highest BCUT2D eigenvalue weighted by Gasteiger charge is 2.03. The predicted molar refractivity (Wildman–Crippen MR) is 77.6 cm³/mol. The van der Waals surface area contributed by atoms with Crippen LogP contribution >= 0.6 is 15.9 Å². The number of hydrogen-bond donors (Lipinski definition) is 2. The van der Waals surface area contributed by atoms with Crippen molar-refractivity contribution in [2.24, 2.45) is 0 Å². The van der Waals surface area contributed by atoms with Gasteiger partial charge in [-0.2, -0.15) is 0 Å². The molecule has 1 aromatic heterocycles. The van der Waals surface area contributed by atoms with Crippen LogP contribution in [0.15, 0.2) is 47.2 Å². The van der Waals surface area contributed by atoms with Crippen molar-refractivity contribution in [3.05, 3.63) is 47.2 Å². The Morgan fingerprint density at radius 1 is 1.11 bits per heavy atom. The molecule has 0 aliphatic heterocycles. The summed E-state index contributed by atoms with van der Waals surface area (Å²) >= 11 is 3.23. The summed E-state index contributed by atoms with van der Waals surface area (Å²) in [5.74, 6) is 0.739. The Labute approximate surface area is 119 Å². The van der Waals surface area contributed by atoms with E-state index in [0.717, 1.165) is 5.75 Å². The van der Waals surface area contributed by atoms with Crippen LogP contribution in [0.1, 0.15) is 0 Å². The van der Waals surface area contributed by atoms with Crippen molar-refractivity contribution in [3.8, 4) is 5.75 Å². The summed E-state index contributed by atoms with van der Waals surface area (Å²) in [5, 5.41) is 5.39. The van der Waals surface area contributed by atoms with Gasteiger partial charge in [-0.3, -0.25) is 0 Å². The van der Waals surface area contributed by atoms with Crippen LogP contribution in [0.5, 0.6) is 5.75 Å². The van der Waals surface area contributed by atoms with E-state index in [4.69, 9.17) is 4.74 Å². The van der Waals surface area contributed by atoms with Gasteiger partial charge in [-0.25, -0.2) is 9.78 Å². The molecule has 5 nitrogen and oxygen atoms in total. The third-order valence-corrected chi connectivity index (χ3v) is 2.80. The number of benzene rings is 1. The van der Waals surface area contributed by atoms with Crippen molar-refractivity contribution in [2.45, 2.75) is 0 Å². The number of halogens is 1. The van der Waals surface area contributed by atoms with Crippen LogP contribution in [-0.4, -0.2) is 18.1 Å². The molecule has 0 aliphatic carbocycles. The van der Waals surface area contributed by atoms with Crippen LogP contribution in [0.25, 0.3) is 0 Å². The van der Waals surface area contributed by atoms with Gasteiger partial charge in [0.1, 0.15) is 10.4 Å². The predicted octanol–water partition coefficient (Wildman–Crippen LogP) is 3.50. The fourth-order valence-corrected chi connectivity index (χ4v) is 1.65. The molecule has 0 fully saturated rings. The van der Waals surface area contributed by atoms with E-state index in [1.807, 2.05) is 0 Å². The first-order valence-corrected chi connectivity index (χ1v) is 6.30. The number of rotatable bonds is 3. The van der Waals surface area contributed by atoms with E-state index in [2.05, 4.69) is 31.5 Å². The van der Waals surface area contributed by atoms with E-state index in [0.29, 0.717) is 16.0 Å². The maximum absolute atomic E-state index is 11.7. The number of pyridine rings is 1. The molecule has 0 spiro atoms. The number of anilines is 2. The zero-order valence-corrected chi connectivity index (χ0v) is 11.8. The molecule has 0 bridgehead atoms. The number of carbonyl (C=O) groups excluding carboxylic acids is 1. The first-order chi connectivity index (χ1) is 9.17. The number of ether oxygens (including phenoxy) is 1. The van der Waals surface area contributed by atoms with Crippen LogP contribution in [0.3, 0.4) is 0 Å². The van der Waals surface area contributed by atoms with Gasteiger partial charge in [0.25, 0.3) is 0 Å². The Morgan fingerprint density at radius 3 is 2.32 bits per heavy atom. The minimum atomic E-state index is -0.325. The molecule has 2 N–H and O–H groups in total. The number of carbonyl (C=O) groups is 1. The lowest BCUT2D eigenvalue weighted by Gasteiger charge is -2.08. The van der Waals surface area contributed by atoms with Crippen molar-refractivity contribution in [3.63, 3.8) is 0 Å². The van der Waals surface area contributed by atoms with Crippen molar-refractivity contribution >= 4 is 33.3 Å². The van der Waals surface area contributed by atoms with Gasteiger partial charge < -0.3 is 15.4 Å². The van der Waals surface area contributed by atoms with E-state index in [-0.39, 0.29) is 6.03 Å². The van der Waals surface area contributed by atoms with Crippen LogP contribution in [0.4, 0.5) is 16.2 Å². The highest BCUT2D eigenvalue weighted by atomic mass is 79.9. The number of aromatic nitrogens is 1. The summed E-state index contributed by atoms with van der Waals surface area (Å²) < 4.78 is 5.76. The van der Waals surface area contributed by atoms with Gasteiger partial charge in [-0.15, -0.1) is 0 Å². The smallest absolute Gasteiger partial charge is 0.323 e. The van der Waals surface area contributed by atoms with Gasteiger partial charge in [-0.1, -0.05) is 0 Å². The molecule has 0 unspecified atom stereocenters. The molecule has 1 aromatic carbocycles. The lowest BCUT2D eigenvalue weighted by molar-refractivity contribution is 0.262. The van der Waals surface area contributed by atoms with E-state index >= 15 is 0 Å². The minimum absolute atomic E-state index is 0.325. The molecule has 2 rings (SSSR count). The van der Waals surface area contributed by atoms with E-state index in [1.54, 1.807) is 49.7 Å². The average Bonchev–Trinajstić information content (AvgIpc) is 2.42. The second kappa shape index (κ2) is 6.19. The van der Waals surface area contributed by atoms with Gasteiger partial charge in [0.05, 0.1) is 19.0 Å². The second-order valence-electron chi connectivity index (χ2n) is 3.68. The van der Waals surface area contributed by atoms with Crippen LogP contribution in [-0.2, 0) is 0 Å². The molecular weight excluding hydrogens is 310 g/mol. The maximum Gasteiger partial charge on any atom is 0.323 e. The second-order valence-corrected chi connectivity index (χ2v) is 4.49. The SMILES string of the molecule is COc1ccc(NC(=O)Nc2ccc(Br)nc2)cc1. The number of nitrogens with one attached hydrogen (secondary N) is 2. The van der Waals surface area contributed by atoms with Gasteiger partial charge in [0, 0.05) is 5.69 Å². The molecule has 98 valence electrons. The third-order valence-electron chi connectivity index (χ3n) is 2.33. The van der Waals surface area contributed by atoms with Gasteiger partial charge >= 0.3 is 6.03 Å². The van der Waals surface area contributed by atoms with Crippen molar-refractivity contribution in [2.75, 3.05) is 17.7 Å². The lowest BCUT2D eigenvalue weighted by Crippen LogP contribution is -2.19. The molecule has 0 atom stereocenters. The molecule has 19 heavy (non-hydrogen) atoms. The van der Waals surface area contributed by atoms with E-state index in [9.17, 15) is 4.79 Å². The summed E-state index contributed by atoms with van der Waals surface area (Å²) in [4.78, 5) is 15.7. The number of urea groups is 1. The monoisotopic (exact) mass is 321 g/mol. The molecule has 1 heterocycles. The lowest BCUT2D eigenvalue weighted by atomic mass is 10.3. The van der Waals surface area contributed by atoms with Gasteiger partial charge in [0.15, 0.2) is 0 Å². The van der Waals surface area contributed by atoms with Crippen LogP contribution in [0, 0.1) is 0 Å². The van der Waals surface area contributed by atoms with Crippen LogP contribution in [0.2, 0.25) is 0 Å². The normalized spacial score (nSPS) is 9.79. The molecule has 6 heteroatoms. The highest BCUT2D eigenvalue weighted by molar-refractivity contribution is 9.10. The van der Waals surface area contributed by atoms with E-state index in [1.165, 1.54) is 0 Å². The Morgan fingerprint density at radius 2 is 1.74 bits per heavy atom. The van der Waals surface area contributed by atoms with Gasteiger partial charge in [-0.05, 0) is 52.3 Å². The summed E-state index contributed by atoms with van der Waals surface area (Å²) in [7, 11) is 1.59. The molecule has 2 amide bonds. The Hall–Kier alpha value is -2.08. The van der Waals surface area contributed by atoms with Crippen molar-refractivity contribution in [1.29, 1.82) is 0 Å². The Bertz CT molecular complexity index is 555. The van der Waals surface area contributed by atoms with E-state index < -0.39 is 0 Å². The number of methoxy groups -OCH3 is 1. The number of hydrogen-bond acceptors (Lipinski definition) is 3. The summed E-state index contributed by atoms with van der Waals surface area (Å²) in [6.07, 6.45) is 1.57. The largest absolute Gasteiger partial charge is 0.497 e. The van der Waals surface area contributed by atoms with Crippen molar-refractivity contribution in [1.82, 2.24) is 4.98 Å². The Kier molecular flexibility index (Phi) is 4.35. The summed E-state index contributed by atoms with van der Waals surface area (Å²) in [6, 6.07) is 10.3. The topological polar surface area (TPSA) is 63.2 Å². The first-order valence-electron chi connectivity index (χ1n) is 5.51. The molecular formula is C13H12BrN3O2. The third kappa shape index (κ3) is 3.96.